The van der Waals surface area contributed by atoms with E-state index < -0.39 is 0 Å². The molecule has 0 aliphatic heterocycles. The molecule has 0 bridgehead atoms. The fourth-order valence-electron chi connectivity index (χ4n) is 2.89. The Kier molecular flexibility index (Phi) is 6.64. The minimum absolute atomic E-state index is 0.0181. The van der Waals surface area contributed by atoms with Crippen molar-refractivity contribution in [2.24, 2.45) is 0 Å². The summed E-state index contributed by atoms with van der Waals surface area (Å²) < 4.78 is 5.01. The topological polar surface area (TPSA) is 84.4 Å². The molecule has 1 heterocycles. The normalized spacial score (nSPS) is 15.0. The third-order valence-electron chi connectivity index (χ3n) is 4.40. The van der Waals surface area contributed by atoms with Crippen molar-refractivity contribution in [3.63, 3.8) is 0 Å². The zero-order valence-corrected chi connectivity index (χ0v) is 15.3. The van der Waals surface area contributed by atoms with E-state index in [0.717, 1.165) is 32.5 Å². The zero-order valence-electron chi connectivity index (χ0n) is 15.3. The number of aromatic nitrogens is 2. The summed E-state index contributed by atoms with van der Waals surface area (Å²) in [5.74, 6) is -0.299. The van der Waals surface area contributed by atoms with Crippen molar-refractivity contribution < 1.29 is 14.3 Å². The van der Waals surface area contributed by atoms with Crippen LogP contribution in [0, 0.1) is 0 Å². The fraction of sp³-hybridized carbons (Fsp3) is 0.556. The number of fused-ring (bicyclic) bond motifs is 1. The average molecular weight is 346 g/mol. The van der Waals surface area contributed by atoms with Gasteiger partial charge >= 0.3 is 0 Å². The molecule has 1 unspecified atom stereocenters. The first-order chi connectivity index (χ1) is 12.0. The molecule has 0 saturated heterocycles. The number of hydrogen-bond donors (Lipinski definition) is 1. The van der Waals surface area contributed by atoms with Crippen LogP contribution in [0.3, 0.4) is 0 Å². The quantitative estimate of drug-likeness (QED) is 0.734. The molecule has 0 radical (unpaired) electrons. The summed E-state index contributed by atoms with van der Waals surface area (Å²) in [5.41, 5.74) is 0.320. The summed E-state index contributed by atoms with van der Waals surface area (Å²) in [7, 11) is 1.37. The van der Waals surface area contributed by atoms with E-state index in [0.29, 0.717) is 5.82 Å². The second-order valence-electron chi connectivity index (χ2n) is 6.07. The molecule has 0 amide bonds. The molecular formula is C18H26N4O3. The first kappa shape index (κ1) is 19.1. The minimum Gasteiger partial charge on any atom is -0.492 e. The first-order valence-corrected chi connectivity index (χ1v) is 8.70. The summed E-state index contributed by atoms with van der Waals surface area (Å²) in [6.07, 6.45) is 4.46. The van der Waals surface area contributed by atoms with Gasteiger partial charge in [0.05, 0.1) is 12.7 Å². The molecular weight excluding hydrogens is 320 g/mol. The number of nitrogens with zero attached hydrogens (tertiary/aromatic N) is 3. The van der Waals surface area contributed by atoms with Crippen LogP contribution in [-0.4, -0.2) is 59.2 Å². The van der Waals surface area contributed by atoms with Gasteiger partial charge in [-0.3, -0.25) is 9.59 Å². The molecule has 1 aliphatic rings. The molecule has 1 aromatic heterocycles. The van der Waals surface area contributed by atoms with E-state index in [2.05, 4.69) is 34.0 Å². The molecule has 136 valence electrons. The Bertz CT molecular complexity index is 668. The van der Waals surface area contributed by atoms with Crippen LogP contribution in [0.2, 0.25) is 0 Å². The Morgan fingerprint density at radius 3 is 2.60 bits per heavy atom. The summed E-state index contributed by atoms with van der Waals surface area (Å²) in [6.45, 7) is 9.47. The van der Waals surface area contributed by atoms with Gasteiger partial charge < -0.3 is 15.0 Å². The number of allylic oxidation sites excluding steroid dienone is 2. The predicted octanol–water partition coefficient (Wildman–Crippen LogP) is 2.31. The summed E-state index contributed by atoms with van der Waals surface area (Å²) in [6, 6.07) is 0.120. The maximum absolute atomic E-state index is 12.5. The molecule has 1 aromatic rings. The number of rotatable bonds is 9. The lowest BCUT2D eigenvalue weighted by Crippen LogP contribution is -2.27. The number of anilines is 1. The highest BCUT2D eigenvalue weighted by atomic mass is 16.5. The van der Waals surface area contributed by atoms with E-state index in [1.807, 2.05) is 6.92 Å². The molecule has 0 spiro atoms. The van der Waals surface area contributed by atoms with Crippen LogP contribution in [-0.2, 0) is 4.74 Å². The Labute approximate surface area is 148 Å². The van der Waals surface area contributed by atoms with Crippen molar-refractivity contribution >= 4 is 17.4 Å². The van der Waals surface area contributed by atoms with Gasteiger partial charge in [0.1, 0.15) is 17.8 Å². The summed E-state index contributed by atoms with van der Waals surface area (Å²) in [4.78, 5) is 35.1. The Morgan fingerprint density at radius 2 is 1.96 bits per heavy atom. The Morgan fingerprint density at radius 1 is 1.24 bits per heavy atom. The number of hydrogen-bond acceptors (Lipinski definition) is 7. The van der Waals surface area contributed by atoms with Gasteiger partial charge in [-0.2, -0.15) is 0 Å². The van der Waals surface area contributed by atoms with Gasteiger partial charge in [-0.25, -0.2) is 9.97 Å². The summed E-state index contributed by atoms with van der Waals surface area (Å²) >= 11 is 0. The van der Waals surface area contributed by atoms with Gasteiger partial charge in [0, 0.05) is 12.1 Å². The number of carbonyl (C=O) groups is 2. The number of ether oxygens (including phenoxy) is 1. The highest BCUT2D eigenvalue weighted by Crippen LogP contribution is 2.25. The standard InChI is InChI=1S/C18H26N4O3/c1-5-22(6-2)9-7-8-12(3)21-18-15-16(19-11-20-18)13(23)10-14(25-4)17(15)24/h10-12H,5-9H2,1-4H3,(H,19,20,21). The lowest BCUT2D eigenvalue weighted by Gasteiger charge is -2.21. The second kappa shape index (κ2) is 8.71. The molecule has 2 rings (SSSR count). The third-order valence-corrected chi connectivity index (χ3v) is 4.40. The van der Waals surface area contributed by atoms with Crippen LogP contribution >= 0.6 is 0 Å². The monoisotopic (exact) mass is 346 g/mol. The number of nitrogens with one attached hydrogen (secondary N) is 1. The van der Waals surface area contributed by atoms with Gasteiger partial charge in [0.2, 0.25) is 11.6 Å². The van der Waals surface area contributed by atoms with Gasteiger partial charge in [-0.15, -0.1) is 0 Å². The van der Waals surface area contributed by atoms with E-state index in [1.54, 1.807) is 0 Å². The molecule has 0 saturated carbocycles. The van der Waals surface area contributed by atoms with Crippen molar-refractivity contribution in [2.45, 2.75) is 39.7 Å². The van der Waals surface area contributed by atoms with Gasteiger partial charge in [0.25, 0.3) is 0 Å². The second-order valence-corrected chi connectivity index (χ2v) is 6.07. The molecule has 0 fully saturated rings. The van der Waals surface area contributed by atoms with Crippen LogP contribution in [0.4, 0.5) is 5.82 Å². The van der Waals surface area contributed by atoms with E-state index in [4.69, 9.17) is 4.74 Å². The molecule has 1 N–H and O–H groups in total. The fourth-order valence-corrected chi connectivity index (χ4v) is 2.89. The maximum atomic E-state index is 12.5. The molecule has 25 heavy (non-hydrogen) atoms. The van der Waals surface area contributed by atoms with Crippen LogP contribution in [0.1, 0.15) is 54.5 Å². The number of Topliss-reactive ketones (excluding diaryl/α,β-unsaturated/α-hetero) is 1. The zero-order chi connectivity index (χ0) is 18.4. The van der Waals surface area contributed by atoms with Crippen LogP contribution in [0.15, 0.2) is 18.2 Å². The number of ketones is 2. The smallest absolute Gasteiger partial charge is 0.233 e. The van der Waals surface area contributed by atoms with Crippen molar-refractivity contribution in [3.05, 3.63) is 29.4 Å². The van der Waals surface area contributed by atoms with E-state index in [1.165, 1.54) is 19.5 Å². The van der Waals surface area contributed by atoms with Crippen LogP contribution in [0.25, 0.3) is 0 Å². The molecule has 1 atom stereocenters. The number of methoxy groups -OCH3 is 1. The number of carbonyl (C=O) groups excluding carboxylic acids is 2. The van der Waals surface area contributed by atoms with Gasteiger partial charge in [-0.05, 0) is 39.4 Å². The Balaban J connectivity index is 2.08. The van der Waals surface area contributed by atoms with Crippen molar-refractivity contribution in [2.75, 3.05) is 32.1 Å². The highest BCUT2D eigenvalue weighted by molar-refractivity contribution is 6.24. The maximum Gasteiger partial charge on any atom is 0.233 e. The molecule has 7 heteroatoms. The molecule has 1 aliphatic carbocycles. The average Bonchev–Trinajstić information content (AvgIpc) is 2.61. The lowest BCUT2D eigenvalue weighted by atomic mass is 9.98. The highest BCUT2D eigenvalue weighted by Gasteiger charge is 2.31. The summed E-state index contributed by atoms with van der Waals surface area (Å²) in [5, 5.41) is 3.25. The van der Waals surface area contributed by atoms with Crippen LogP contribution < -0.4 is 5.32 Å². The first-order valence-electron chi connectivity index (χ1n) is 8.70. The van der Waals surface area contributed by atoms with Crippen molar-refractivity contribution in [1.82, 2.24) is 14.9 Å². The molecule has 0 aromatic carbocycles. The molecule has 7 nitrogen and oxygen atoms in total. The lowest BCUT2D eigenvalue weighted by molar-refractivity contribution is 0.0914. The largest absolute Gasteiger partial charge is 0.492 e. The van der Waals surface area contributed by atoms with E-state index in [-0.39, 0.29) is 34.6 Å². The SMILES string of the molecule is CCN(CC)CCCC(C)Nc1ncnc2c1C(=O)C(OC)=CC2=O. The predicted molar refractivity (Wildman–Crippen MR) is 95.9 cm³/mol. The van der Waals surface area contributed by atoms with Gasteiger partial charge in [0.15, 0.2) is 5.76 Å². The van der Waals surface area contributed by atoms with Crippen molar-refractivity contribution in [1.29, 1.82) is 0 Å². The Hall–Kier alpha value is -2.28. The van der Waals surface area contributed by atoms with E-state index >= 15 is 0 Å². The van der Waals surface area contributed by atoms with Crippen molar-refractivity contribution in [3.8, 4) is 0 Å². The van der Waals surface area contributed by atoms with Crippen LogP contribution in [0.5, 0.6) is 0 Å². The van der Waals surface area contributed by atoms with E-state index in [9.17, 15) is 9.59 Å². The minimum atomic E-state index is -0.365. The van der Waals surface area contributed by atoms with Gasteiger partial charge in [-0.1, -0.05) is 13.8 Å². The third kappa shape index (κ3) is 4.42.